The third kappa shape index (κ3) is 2.82. The van der Waals surface area contributed by atoms with Gasteiger partial charge < -0.3 is 10.6 Å². The van der Waals surface area contributed by atoms with Crippen LogP contribution in [0.2, 0.25) is 0 Å². The molecule has 20 heavy (non-hydrogen) atoms. The van der Waals surface area contributed by atoms with Crippen molar-refractivity contribution in [3.05, 3.63) is 40.7 Å². The Morgan fingerprint density at radius 2 is 2.15 bits per heavy atom. The van der Waals surface area contributed by atoms with Crippen LogP contribution in [0.25, 0.3) is 10.8 Å². The van der Waals surface area contributed by atoms with Gasteiger partial charge in [-0.1, -0.05) is 0 Å². The Bertz CT molecular complexity index is 657. The van der Waals surface area contributed by atoms with Crippen molar-refractivity contribution in [3.63, 3.8) is 0 Å². The van der Waals surface area contributed by atoms with Crippen molar-refractivity contribution >= 4 is 28.1 Å². The van der Waals surface area contributed by atoms with E-state index in [0.717, 1.165) is 5.69 Å². The van der Waals surface area contributed by atoms with Crippen LogP contribution in [0.1, 0.15) is 6.42 Å². The topological polar surface area (TPSA) is 97.2 Å². The maximum Gasteiger partial charge on any atom is 0.277 e. The Labute approximate surface area is 115 Å². The number of pyridine rings is 1. The average Bonchev–Trinajstić information content (AvgIpc) is 2.46. The van der Waals surface area contributed by atoms with E-state index in [4.69, 9.17) is 0 Å². The highest BCUT2D eigenvalue weighted by molar-refractivity contribution is 5.99. The number of hydrogen-bond donors (Lipinski definition) is 2. The molecule has 1 heterocycles. The molecule has 0 fully saturated rings. The average molecular weight is 274 g/mol. The van der Waals surface area contributed by atoms with Crippen molar-refractivity contribution in [2.75, 3.05) is 18.9 Å². The second-order valence-electron chi connectivity index (χ2n) is 4.16. The highest BCUT2D eigenvalue weighted by Gasteiger charge is 2.14. The molecule has 0 saturated heterocycles. The Morgan fingerprint density at radius 3 is 2.85 bits per heavy atom. The summed E-state index contributed by atoms with van der Waals surface area (Å²) in [5.74, 6) is -0.0677. The largest absolute Gasteiger partial charge is 0.384 e. The van der Waals surface area contributed by atoms with Gasteiger partial charge in [0.05, 0.1) is 10.3 Å². The van der Waals surface area contributed by atoms with E-state index < -0.39 is 4.92 Å². The zero-order valence-electron chi connectivity index (χ0n) is 10.9. The van der Waals surface area contributed by atoms with Crippen molar-refractivity contribution < 1.29 is 9.72 Å². The highest BCUT2D eigenvalue weighted by atomic mass is 16.6. The molecule has 0 radical (unpaired) electrons. The number of hydrogen-bond acceptors (Lipinski definition) is 5. The van der Waals surface area contributed by atoms with E-state index in [1.807, 2.05) is 0 Å². The number of carbonyl (C=O) groups is 1. The minimum absolute atomic E-state index is 0.0410. The first kappa shape index (κ1) is 13.7. The molecule has 1 aromatic heterocycles. The minimum atomic E-state index is -0.420. The first-order valence-corrected chi connectivity index (χ1v) is 6.09. The van der Waals surface area contributed by atoms with Crippen molar-refractivity contribution in [2.24, 2.45) is 0 Å². The van der Waals surface area contributed by atoms with Crippen molar-refractivity contribution in [1.29, 1.82) is 0 Å². The maximum absolute atomic E-state index is 11.2. The number of carbonyl (C=O) groups excluding carboxylic acids is 1. The van der Waals surface area contributed by atoms with Gasteiger partial charge in [0.25, 0.3) is 5.69 Å². The third-order valence-corrected chi connectivity index (χ3v) is 2.94. The van der Waals surface area contributed by atoms with Gasteiger partial charge in [-0.15, -0.1) is 0 Å². The van der Waals surface area contributed by atoms with E-state index in [-0.39, 0.29) is 11.6 Å². The van der Waals surface area contributed by atoms with Gasteiger partial charge in [-0.3, -0.25) is 19.9 Å². The molecule has 0 atom stereocenters. The molecule has 0 aliphatic carbocycles. The highest BCUT2D eigenvalue weighted by Crippen LogP contribution is 2.30. The molecule has 2 rings (SSSR count). The summed E-state index contributed by atoms with van der Waals surface area (Å²) in [7, 11) is 1.58. The van der Waals surface area contributed by atoms with Gasteiger partial charge in [-0.05, 0) is 12.1 Å². The Kier molecular flexibility index (Phi) is 4.09. The second-order valence-corrected chi connectivity index (χ2v) is 4.16. The van der Waals surface area contributed by atoms with Gasteiger partial charge in [0.2, 0.25) is 5.91 Å². The van der Waals surface area contributed by atoms with Crippen molar-refractivity contribution in [3.8, 4) is 0 Å². The Balaban J connectivity index is 2.29. The van der Waals surface area contributed by atoms with Crippen LogP contribution in [0.15, 0.2) is 30.6 Å². The van der Waals surface area contributed by atoms with Crippen LogP contribution in [-0.2, 0) is 4.79 Å². The van der Waals surface area contributed by atoms with Crippen LogP contribution in [0.3, 0.4) is 0 Å². The summed E-state index contributed by atoms with van der Waals surface area (Å²) in [6, 6.07) is 4.69. The molecule has 0 spiro atoms. The molecule has 1 amide bonds. The van der Waals surface area contributed by atoms with Crippen LogP contribution < -0.4 is 10.6 Å². The summed E-state index contributed by atoms with van der Waals surface area (Å²) in [6.07, 6.45) is 3.42. The monoisotopic (exact) mass is 274 g/mol. The lowest BCUT2D eigenvalue weighted by Crippen LogP contribution is -2.20. The van der Waals surface area contributed by atoms with Gasteiger partial charge in [0.1, 0.15) is 0 Å². The predicted octanol–water partition coefficient (Wildman–Crippen LogP) is 1.69. The molecule has 0 unspecified atom stereocenters. The zero-order chi connectivity index (χ0) is 14.5. The molecule has 1 aromatic carbocycles. The van der Waals surface area contributed by atoms with Gasteiger partial charge in [-0.2, -0.15) is 0 Å². The van der Waals surface area contributed by atoms with E-state index in [1.54, 1.807) is 25.4 Å². The van der Waals surface area contributed by atoms with Crippen molar-refractivity contribution in [1.82, 2.24) is 10.3 Å². The summed E-state index contributed by atoms with van der Waals surface area (Å²) in [6.45, 7) is 0.446. The number of nitrogens with one attached hydrogen (secondary N) is 2. The number of anilines is 1. The standard InChI is InChI=1S/C13H14N4O3/c1-14-13(18)5-7-16-11-2-3-12(17(19)20)9-4-6-15-8-10(9)11/h2-4,6,8,16H,5,7H2,1H3,(H,14,18). The lowest BCUT2D eigenvalue weighted by atomic mass is 10.1. The summed E-state index contributed by atoms with van der Waals surface area (Å²) >= 11 is 0. The third-order valence-electron chi connectivity index (χ3n) is 2.94. The van der Waals surface area contributed by atoms with Crippen LogP contribution in [0.5, 0.6) is 0 Å². The van der Waals surface area contributed by atoms with Gasteiger partial charge >= 0.3 is 0 Å². The molecule has 2 aromatic rings. The number of fused-ring (bicyclic) bond motifs is 1. The van der Waals surface area contributed by atoms with E-state index in [9.17, 15) is 14.9 Å². The minimum Gasteiger partial charge on any atom is -0.384 e. The molecule has 7 nitrogen and oxygen atoms in total. The number of nitrogens with zero attached hydrogens (tertiary/aromatic N) is 2. The van der Waals surface area contributed by atoms with Crippen LogP contribution >= 0.6 is 0 Å². The number of nitro groups is 1. The summed E-state index contributed by atoms with van der Waals surface area (Å²) in [5.41, 5.74) is 0.766. The molecular weight excluding hydrogens is 260 g/mol. The smallest absolute Gasteiger partial charge is 0.277 e. The normalized spacial score (nSPS) is 10.2. The molecular formula is C13H14N4O3. The fourth-order valence-corrected chi connectivity index (χ4v) is 1.92. The van der Waals surface area contributed by atoms with E-state index in [2.05, 4.69) is 15.6 Å². The Morgan fingerprint density at radius 1 is 1.35 bits per heavy atom. The first-order chi connectivity index (χ1) is 9.63. The number of amides is 1. The van der Waals surface area contributed by atoms with Crippen LogP contribution in [0, 0.1) is 10.1 Å². The molecule has 0 saturated carbocycles. The van der Waals surface area contributed by atoms with Gasteiger partial charge in [0, 0.05) is 49.5 Å². The van der Waals surface area contributed by atoms with Crippen molar-refractivity contribution in [2.45, 2.75) is 6.42 Å². The van der Waals surface area contributed by atoms with Crippen LogP contribution in [0.4, 0.5) is 11.4 Å². The summed E-state index contributed by atoms with van der Waals surface area (Å²) in [4.78, 5) is 25.7. The number of aromatic nitrogens is 1. The van der Waals surface area contributed by atoms with Gasteiger partial charge in [-0.25, -0.2) is 0 Å². The molecule has 0 bridgehead atoms. The fraction of sp³-hybridized carbons (Fsp3) is 0.231. The maximum atomic E-state index is 11.2. The predicted molar refractivity (Wildman–Crippen MR) is 75.6 cm³/mol. The van der Waals surface area contributed by atoms with E-state index in [0.29, 0.717) is 23.7 Å². The molecule has 104 valence electrons. The number of non-ortho nitro benzene ring substituents is 1. The lowest BCUT2D eigenvalue weighted by molar-refractivity contribution is -0.383. The first-order valence-electron chi connectivity index (χ1n) is 6.09. The van der Waals surface area contributed by atoms with Crippen LogP contribution in [-0.4, -0.2) is 29.4 Å². The van der Waals surface area contributed by atoms with E-state index >= 15 is 0 Å². The summed E-state index contributed by atoms with van der Waals surface area (Å²) in [5, 5.41) is 17.8. The zero-order valence-corrected chi connectivity index (χ0v) is 10.9. The van der Waals surface area contributed by atoms with E-state index in [1.165, 1.54) is 12.3 Å². The molecule has 0 aliphatic rings. The SMILES string of the molecule is CNC(=O)CCNc1ccc([N+](=O)[O-])c2ccncc12. The second kappa shape index (κ2) is 5.96. The Hall–Kier alpha value is -2.70. The number of rotatable bonds is 5. The lowest BCUT2D eigenvalue weighted by Gasteiger charge is -2.09. The number of nitro benzene ring substituents is 1. The summed E-state index contributed by atoms with van der Waals surface area (Å²) < 4.78 is 0. The number of benzene rings is 1. The van der Waals surface area contributed by atoms with Gasteiger partial charge in [0.15, 0.2) is 0 Å². The molecule has 0 aliphatic heterocycles. The quantitative estimate of drug-likeness (QED) is 0.638. The molecule has 7 heteroatoms. The fourth-order valence-electron chi connectivity index (χ4n) is 1.92. The molecule has 2 N–H and O–H groups in total.